The molecule has 0 spiro atoms. The Morgan fingerprint density at radius 3 is 2.67 bits per heavy atom. The highest BCUT2D eigenvalue weighted by atomic mass is 19.1. The molecule has 1 N–H and O–H groups in total. The fourth-order valence-electron chi connectivity index (χ4n) is 3.05. The van der Waals surface area contributed by atoms with E-state index in [-0.39, 0.29) is 11.9 Å². The van der Waals surface area contributed by atoms with Crippen molar-refractivity contribution in [3.63, 3.8) is 0 Å². The molecular formula is C17H27FN2O. The van der Waals surface area contributed by atoms with E-state index in [1.807, 2.05) is 6.07 Å². The molecule has 0 aromatic heterocycles. The number of ether oxygens (including phenoxy) is 1. The van der Waals surface area contributed by atoms with E-state index in [1.54, 1.807) is 12.1 Å². The minimum absolute atomic E-state index is 0.255. The molecule has 118 valence electrons. The zero-order chi connectivity index (χ0) is 15.2. The van der Waals surface area contributed by atoms with E-state index in [1.165, 1.54) is 20.0 Å². The second kappa shape index (κ2) is 7.76. The largest absolute Gasteiger partial charge is 0.494 e. The number of benzene rings is 1. The van der Waals surface area contributed by atoms with Gasteiger partial charge in [-0.25, -0.2) is 4.39 Å². The van der Waals surface area contributed by atoms with Crippen molar-refractivity contribution in [3.8, 4) is 5.75 Å². The van der Waals surface area contributed by atoms with Gasteiger partial charge in [0.05, 0.1) is 7.11 Å². The molecule has 0 bridgehead atoms. The fraction of sp³-hybridized carbons (Fsp3) is 0.647. The SMILES string of the molecule is CCNCC1CCN(C(C)c2ccc(OC)c(F)c2)CC1. The first kappa shape index (κ1) is 16.2. The Balaban J connectivity index is 1.92. The van der Waals surface area contributed by atoms with E-state index < -0.39 is 0 Å². The van der Waals surface area contributed by atoms with Gasteiger partial charge in [-0.05, 0) is 69.6 Å². The summed E-state index contributed by atoms with van der Waals surface area (Å²) < 4.78 is 18.8. The third kappa shape index (κ3) is 4.17. The third-order valence-corrected chi connectivity index (χ3v) is 4.54. The van der Waals surface area contributed by atoms with Gasteiger partial charge < -0.3 is 10.1 Å². The molecule has 1 unspecified atom stereocenters. The molecule has 1 saturated heterocycles. The Bertz CT molecular complexity index is 444. The van der Waals surface area contributed by atoms with Gasteiger partial charge in [0.25, 0.3) is 0 Å². The van der Waals surface area contributed by atoms with E-state index in [0.29, 0.717) is 5.75 Å². The monoisotopic (exact) mass is 294 g/mol. The maximum atomic E-state index is 13.8. The van der Waals surface area contributed by atoms with Crippen LogP contribution in [0.1, 0.15) is 38.3 Å². The molecule has 1 atom stereocenters. The highest BCUT2D eigenvalue weighted by Gasteiger charge is 2.23. The number of hydrogen-bond acceptors (Lipinski definition) is 3. The summed E-state index contributed by atoms with van der Waals surface area (Å²) in [6, 6.07) is 5.55. The van der Waals surface area contributed by atoms with Crippen molar-refractivity contribution in [1.29, 1.82) is 0 Å². The number of nitrogens with one attached hydrogen (secondary N) is 1. The molecule has 1 heterocycles. The Morgan fingerprint density at radius 2 is 2.10 bits per heavy atom. The normalized spacial score (nSPS) is 18.7. The third-order valence-electron chi connectivity index (χ3n) is 4.54. The van der Waals surface area contributed by atoms with Crippen LogP contribution in [0.5, 0.6) is 5.75 Å². The lowest BCUT2D eigenvalue weighted by molar-refractivity contribution is 0.140. The predicted octanol–water partition coefficient (Wildman–Crippen LogP) is 3.22. The average Bonchev–Trinajstić information content (AvgIpc) is 2.52. The number of halogens is 1. The first-order valence-electron chi connectivity index (χ1n) is 7.94. The molecule has 21 heavy (non-hydrogen) atoms. The highest BCUT2D eigenvalue weighted by molar-refractivity contribution is 5.30. The molecular weight excluding hydrogens is 267 g/mol. The molecule has 1 aromatic rings. The number of likely N-dealkylation sites (tertiary alicyclic amines) is 1. The summed E-state index contributed by atoms with van der Waals surface area (Å²) in [4.78, 5) is 2.45. The van der Waals surface area contributed by atoms with Gasteiger partial charge in [-0.1, -0.05) is 13.0 Å². The maximum absolute atomic E-state index is 13.8. The zero-order valence-corrected chi connectivity index (χ0v) is 13.4. The van der Waals surface area contributed by atoms with Gasteiger partial charge >= 0.3 is 0 Å². The molecule has 1 aliphatic heterocycles. The molecule has 4 heteroatoms. The van der Waals surface area contributed by atoms with Crippen LogP contribution in [0.15, 0.2) is 18.2 Å². The van der Waals surface area contributed by atoms with Crippen LogP contribution in [-0.4, -0.2) is 38.2 Å². The number of methoxy groups -OCH3 is 1. The van der Waals surface area contributed by atoms with Gasteiger partial charge in [0, 0.05) is 6.04 Å². The fourth-order valence-corrected chi connectivity index (χ4v) is 3.05. The molecule has 2 rings (SSSR count). The summed E-state index contributed by atoms with van der Waals surface area (Å²) >= 11 is 0. The van der Waals surface area contributed by atoms with E-state index in [9.17, 15) is 4.39 Å². The van der Waals surface area contributed by atoms with Crippen LogP contribution in [0, 0.1) is 11.7 Å². The number of hydrogen-bond donors (Lipinski definition) is 1. The molecule has 1 fully saturated rings. The Kier molecular flexibility index (Phi) is 6.00. The van der Waals surface area contributed by atoms with Crippen molar-refractivity contribution in [2.24, 2.45) is 5.92 Å². The highest BCUT2D eigenvalue weighted by Crippen LogP contribution is 2.28. The molecule has 0 amide bonds. The van der Waals surface area contributed by atoms with Crippen LogP contribution in [0.2, 0.25) is 0 Å². The summed E-state index contributed by atoms with van der Waals surface area (Å²) in [5.74, 6) is 0.820. The van der Waals surface area contributed by atoms with Crippen molar-refractivity contribution in [2.45, 2.75) is 32.7 Å². The summed E-state index contributed by atoms with van der Waals surface area (Å²) in [6.07, 6.45) is 2.44. The van der Waals surface area contributed by atoms with Crippen LogP contribution in [0.25, 0.3) is 0 Å². The van der Waals surface area contributed by atoms with E-state index in [0.717, 1.165) is 37.7 Å². The van der Waals surface area contributed by atoms with Crippen molar-refractivity contribution in [3.05, 3.63) is 29.6 Å². The van der Waals surface area contributed by atoms with Crippen LogP contribution in [0.3, 0.4) is 0 Å². The van der Waals surface area contributed by atoms with Gasteiger partial charge in [0.15, 0.2) is 11.6 Å². The predicted molar refractivity (Wildman–Crippen MR) is 84.2 cm³/mol. The molecule has 1 aliphatic rings. The van der Waals surface area contributed by atoms with Crippen molar-refractivity contribution in [2.75, 3.05) is 33.3 Å². The first-order chi connectivity index (χ1) is 10.2. The van der Waals surface area contributed by atoms with Gasteiger partial charge in [-0.3, -0.25) is 4.90 Å². The standard InChI is InChI=1S/C17H27FN2O/c1-4-19-12-14-7-9-20(10-8-14)13(2)15-5-6-17(21-3)16(18)11-15/h5-6,11,13-14,19H,4,7-10,12H2,1-3H3. The Labute approximate surface area is 127 Å². The molecule has 1 aromatic carbocycles. The number of rotatable bonds is 6. The number of piperidine rings is 1. The summed E-state index contributed by atoms with van der Waals surface area (Å²) in [6.45, 7) is 8.65. The minimum Gasteiger partial charge on any atom is -0.494 e. The quantitative estimate of drug-likeness (QED) is 0.872. The van der Waals surface area contributed by atoms with Crippen LogP contribution < -0.4 is 10.1 Å². The lowest BCUT2D eigenvalue weighted by Crippen LogP contribution is -2.38. The summed E-state index contributed by atoms with van der Waals surface area (Å²) in [5.41, 5.74) is 1.03. The Morgan fingerprint density at radius 1 is 1.38 bits per heavy atom. The first-order valence-corrected chi connectivity index (χ1v) is 7.94. The maximum Gasteiger partial charge on any atom is 0.165 e. The summed E-state index contributed by atoms with van der Waals surface area (Å²) in [7, 11) is 1.50. The Hall–Kier alpha value is -1.13. The molecule has 0 saturated carbocycles. The zero-order valence-electron chi connectivity index (χ0n) is 13.4. The van der Waals surface area contributed by atoms with E-state index in [4.69, 9.17) is 4.74 Å². The second-order valence-corrected chi connectivity index (χ2v) is 5.86. The molecule has 0 aliphatic carbocycles. The van der Waals surface area contributed by atoms with Crippen molar-refractivity contribution in [1.82, 2.24) is 10.2 Å². The molecule has 0 radical (unpaired) electrons. The van der Waals surface area contributed by atoms with E-state index in [2.05, 4.69) is 24.1 Å². The van der Waals surface area contributed by atoms with Gasteiger partial charge in [0.1, 0.15) is 0 Å². The van der Waals surface area contributed by atoms with Crippen molar-refractivity contribution >= 4 is 0 Å². The van der Waals surface area contributed by atoms with Crippen LogP contribution in [0.4, 0.5) is 4.39 Å². The lowest BCUT2D eigenvalue weighted by Gasteiger charge is -2.36. The smallest absolute Gasteiger partial charge is 0.165 e. The van der Waals surface area contributed by atoms with Gasteiger partial charge in [-0.15, -0.1) is 0 Å². The van der Waals surface area contributed by atoms with Gasteiger partial charge in [0.2, 0.25) is 0 Å². The second-order valence-electron chi connectivity index (χ2n) is 5.86. The van der Waals surface area contributed by atoms with Crippen molar-refractivity contribution < 1.29 is 9.13 Å². The average molecular weight is 294 g/mol. The van der Waals surface area contributed by atoms with Crippen LogP contribution >= 0.6 is 0 Å². The number of nitrogens with zero attached hydrogens (tertiary/aromatic N) is 1. The van der Waals surface area contributed by atoms with Crippen LogP contribution in [-0.2, 0) is 0 Å². The minimum atomic E-state index is -0.274. The topological polar surface area (TPSA) is 24.5 Å². The summed E-state index contributed by atoms with van der Waals surface area (Å²) in [5, 5.41) is 3.43. The molecule has 3 nitrogen and oxygen atoms in total. The lowest BCUT2D eigenvalue weighted by atomic mass is 9.94. The van der Waals surface area contributed by atoms with Gasteiger partial charge in [-0.2, -0.15) is 0 Å². The van der Waals surface area contributed by atoms with E-state index >= 15 is 0 Å².